The first-order valence-corrected chi connectivity index (χ1v) is 6.81. The Labute approximate surface area is 113 Å². The smallest absolute Gasteiger partial charge is 0.320 e. The largest absolute Gasteiger partial charge is 0.417 e. The Bertz CT molecular complexity index is 385. The van der Waals surface area contributed by atoms with Crippen molar-refractivity contribution in [2.24, 2.45) is 0 Å². The summed E-state index contributed by atoms with van der Waals surface area (Å²) in [5.41, 5.74) is -0.813. The van der Waals surface area contributed by atoms with E-state index in [-0.39, 0.29) is 5.02 Å². The summed E-state index contributed by atoms with van der Waals surface area (Å²) in [6.07, 6.45) is -1.60. The van der Waals surface area contributed by atoms with E-state index in [1.54, 1.807) is 0 Å². The lowest BCUT2D eigenvalue weighted by Crippen LogP contribution is -2.07. The lowest BCUT2D eigenvalue weighted by molar-refractivity contribution is -0.137. The van der Waals surface area contributed by atoms with Crippen molar-refractivity contribution in [2.75, 3.05) is 19.3 Å². The predicted molar refractivity (Wildman–Crippen MR) is 68.1 cm³/mol. The zero-order valence-corrected chi connectivity index (χ0v) is 11.4. The molecule has 0 saturated carbocycles. The number of rotatable bonds is 6. The summed E-state index contributed by atoms with van der Waals surface area (Å²) in [7, 11) is 1.88. The molecule has 1 heterocycles. The van der Waals surface area contributed by atoms with Crippen molar-refractivity contribution >= 4 is 23.4 Å². The van der Waals surface area contributed by atoms with Gasteiger partial charge in [-0.25, -0.2) is 4.98 Å². The third-order valence-corrected chi connectivity index (χ3v) is 3.69. The lowest BCUT2D eigenvalue weighted by Gasteiger charge is -2.08. The highest BCUT2D eigenvalue weighted by atomic mass is 35.5. The molecule has 1 N–H and O–H groups in total. The van der Waals surface area contributed by atoms with Crippen LogP contribution in [-0.2, 0) is 6.18 Å². The van der Waals surface area contributed by atoms with Gasteiger partial charge in [0, 0.05) is 6.20 Å². The van der Waals surface area contributed by atoms with Crippen LogP contribution in [0.5, 0.6) is 0 Å². The molecular formula is C11H14ClF3N2S. The number of hydrogen-bond donors (Lipinski definition) is 1. The highest BCUT2D eigenvalue weighted by Gasteiger charge is 2.31. The SMILES string of the molecule is CNCCCCSc1ncc(C(F)(F)F)cc1Cl. The van der Waals surface area contributed by atoms with E-state index in [0.29, 0.717) is 5.03 Å². The number of pyridine rings is 1. The summed E-state index contributed by atoms with van der Waals surface area (Å²) < 4.78 is 37.1. The Kier molecular flexibility index (Phi) is 6.25. The van der Waals surface area contributed by atoms with Crippen molar-refractivity contribution < 1.29 is 13.2 Å². The molecule has 1 rings (SSSR count). The molecule has 0 bridgehead atoms. The van der Waals surface area contributed by atoms with Gasteiger partial charge >= 0.3 is 6.18 Å². The summed E-state index contributed by atoms with van der Waals surface area (Å²) >= 11 is 7.16. The van der Waals surface area contributed by atoms with Gasteiger partial charge in [0.1, 0.15) is 5.03 Å². The van der Waals surface area contributed by atoms with Crippen LogP contribution in [0.15, 0.2) is 17.3 Å². The number of unbranched alkanes of at least 4 members (excludes halogenated alkanes) is 1. The van der Waals surface area contributed by atoms with Crippen molar-refractivity contribution in [2.45, 2.75) is 24.0 Å². The first-order valence-electron chi connectivity index (χ1n) is 5.45. The summed E-state index contributed by atoms with van der Waals surface area (Å²) in [6, 6.07) is 0.921. The van der Waals surface area contributed by atoms with Gasteiger partial charge in [0.05, 0.1) is 10.6 Å². The average Bonchev–Trinajstić information content (AvgIpc) is 2.29. The molecule has 0 fully saturated rings. The maximum atomic E-state index is 12.4. The molecule has 7 heteroatoms. The fourth-order valence-corrected chi connectivity index (χ4v) is 2.46. The van der Waals surface area contributed by atoms with E-state index in [4.69, 9.17) is 11.6 Å². The molecule has 0 aromatic carbocycles. The summed E-state index contributed by atoms with van der Waals surface area (Å²) in [5.74, 6) is 0.791. The molecule has 0 amide bonds. The number of thioether (sulfide) groups is 1. The average molecular weight is 299 g/mol. The van der Waals surface area contributed by atoms with E-state index in [2.05, 4.69) is 10.3 Å². The summed E-state index contributed by atoms with van der Waals surface area (Å²) in [6.45, 7) is 0.925. The normalized spacial score (nSPS) is 11.8. The number of hydrogen-bond acceptors (Lipinski definition) is 3. The third kappa shape index (κ3) is 5.04. The Morgan fingerprint density at radius 2 is 2.11 bits per heavy atom. The van der Waals surface area contributed by atoms with Crippen LogP contribution in [-0.4, -0.2) is 24.3 Å². The Morgan fingerprint density at radius 1 is 1.39 bits per heavy atom. The molecule has 0 aliphatic heterocycles. The topological polar surface area (TPSA) is 24.9 Å². The zero-order chi connectivity index (χ0) is 13.6. The van der Waals surface area contributed by atoms with Gasteiger partial charge in [-0.2, -0.15) is 13.2 Å². The van der Waals surface area contributed by atoms with E-state index >= 15 is 0 Å². The Morgan fingerprint density at radius 3 is 2.67 bits per heavy atom. The highest BCUT2D eigenvalue weighted by Crippen LogP contribution is 2.33. The predicted octanol–water partition coefficient (Wildman–Crippen LogP) is 3.85. The third-order valence-electron chi connectivity index (χ3n) is 2.19. The molecule has 0 unspecified atom stereocenters. The molecule has 0 atom stereocenters. The van der Waals surface area contributed by atoms with E-state index in [1.807, 2.05) is 7.05 Å². The van der Waals surface area contributed by atoms with Crippen molar-refractivity contribution in [1.82, 2.24) is 10.3 Å². The first kappa shape index (κ1) is 15.6. The second kappa shape index (κ2) is 7.21. The van der Waals surface area contributed by atoms with Gasteiger partial charge in [-0.1, -0.05) is 11.6 Å². The van der Waals surface area contributed by atoms with Gasteiger partial charge in [0.2, 0.25) is 0 Å². The first-order chi connectivity index (χ1) is 8.45. The fraction of sp³-hybridized carbons (Fsp3) is 0.545. The maximum absolute atomic E-state index is 12.4. The molecule has 18 heavy (non-hydrogen) atoms. The number of aromatic nitrogens is 1. The van der Waals surface area contributed by atoms with Crippen LogP contribution in [0.3, 0.4) is 0 Å². The lowest BCUT2D eigenvalue weighted by atomic mass is 10.3. The van der Waals surface area contributed by atoms with E-state index in [0.717, 1.165) is 37.4 Å². The molecular weight excluding hydrogens is 285 g/mol. The number of halogens is 4. The van der Waals surface area contributed by atoms with Gasteiger partial charge in [-0.3, -0.25) is 0 Å². The summed E-state index contributed by atoms with van der Waals surface area (Å²) in [5, 5.41) is 3.54. The van der Waals surface area contributed by atoms with Gasteiger partial charge < -0.3 is 5.32 Å². The minimum Gasteiger partial charge on any atom is -0.320 e. The molecule has 0 saturated heterocycles. The maximum Gasteiger partial charge on any atom is 0.417 e. The van der Waals surface area contributed by atoms with Crippen molar-refractivity contribution in [3.8, 4) is 0 Å². The minimum absolute atomic E-state index is 0.0587. The van der Waals surface area contributed by atoms with Crippen LogP contribution in [0.25, 0.3) is 0 Å². The molecule has 1 aromatic rings. The van der Waals surface area contributed by atoms with Crippen LogP contribution in [0.1, 0.15) is 18.4 Å². The van der Waals surface area contributed by atoms with Crippen LogP contribution in [0, 0.1) is 0 Å². The van der Waals surface area contributed by atoms with E-state index in [1.165, 1.54) is 11.8 Å². The number of alkyl halides is 3. The van der Waals surface area contributed by atoms with Crippen molar-refractivity contribution in [1.29, 1.82) is 0 Å². The second-order valence-corrected chi connectivity index (χ2v) is 5.16. The minimum atomic E-state index is -4.40. The fourth-order valence-electron chi connectivity index (χ4n) is 1.26. The van der Waals surface area contributed by atoms with Crippen LogP contribution in [0.2, 0.25) is 5.02 Å². The Balaban J connectivity index is 2.53. The zero-order valence-electron chi connectivity index (χ0n) is 9.85. The standard InChI is InChI=1S/C11H14ClF3N2S/c1-16-4-2-3-5-18-10-9(12)6-8(7-17-10)11(13,14)15/h6-7,16H,2-5H2,1H3. The number of nitrogens with one attached hydrogen (secondary N) is 1. The molecule has 0 aliphatic carbocycles. The van der Waals surface area contributed by atoms with Crippen molar-refractivity contribution in [3.63, 3.8) is 0 Å². The molecule has 0 aliphatic rings. The number of nitrogens with zero attached hydrogens (tertiary/aromatic N) is 1. The highest BCUT2D eigenvalue weighted by molar-refractivity contribution is 7.99. The van der Waals surface area contributed by atoms with Gasteiger partial charge in [0.25, 0.3) is 0 Å². The quantitative estimate of drug-likeness (QED) is 0.638. The van der Waals surface area contributed by atoms with Gasteiger partial charge in [-0.15, -0.1) is 11.8 Å². The van der Waals surface area contributed by atoms with Crippen molar-refractivity contribution in [3.05, 3.63) is 22.8 Å². The molecule has 102 valence electrons. The molecule has 2 nitrogen and oxygen atoms in total. The van der Waals surface area contributed by atoms with Crippen LogP contribution < -0.4 is 5.32 Å². The summed E-state index contributed by atoms with van der Waals surface area (Å²) in [4.78, 5) is 3.76. The van der Waals surface area contributed by atoms with E-state index in [9.17, 15) is 13.2 Å². The molecule has 0 spiro atoms. The van der Waals surface area contributed by atoms with E-state index < -0.39 is 11.7 Å². The molecule has 0 radical (unpaired) electrons. The van der Waals surface area contributed by atoms with Gasteiger partial charge in [0.15, 0.2) is 0 Å². The van der Waals surface area contributed by atoms with Gasteiger partial charge in [-0.05, 0) is 38.3 Å². The van der Waals surface area contributed by atoms with Crippen LogP contribution >= 0.6 is 23.4 Å². The Hall–Kier alpha value is -0.460. The second-order valence-electron chi connectivity index (χ2n) is 3.67. The van der Waals surface area contributed by atoms with Crippen LogP contribution in [0.4, 0.5) is 13.2 Å². The monoisotopic (exact) mass is 298 g/mol. The molecule has 1 aromatic heterocycles.